The minimum atomic E-state index is -0.449. The topological polar surface area (TPSA) is 50.4 Å². The predicted molar refractivity (Wildman–Crippen MR) is 79.0 cm³/mol. The van der Waals surface area contributed by atoms with Crippen molar-refractivity contribution in [3.63, 3.8) is 0 Å². The van der Waals surface area contributed by atoms with E-state index in [-0.39, 0.29) is 5.75 Å². The van der Waals surface area contributed by atoms with Crippen LogP contribution in [-0.4, -0.2) is 5.11 Å². The van der Waals surface area contributed by atoms with E-state index in [4.69, 9.17) is 4.42 Å². The standard InChI is InChI=1S/C17H18O3/c1-2-7-14-12-16(18)15(17(19)20-14)11-6-10-13-8-4-3-5-9-13/h2-5,8-9,12,18H,1,6-7,10-11H2. The van der Waals surface area contributed by atoms with E-state index in [1.807, 2.05) is 18.2 Å². The maximum absolute atomic E-state index is 11.8. The fourth-order valence-electron chi connectivity index (χ4n) is 2.14. The van der Waals surface area contributed by atoms with Crippen molar-refractivity contribution in [2.45, 2.75) is 25.7 Å². The van der Waals surface area contributed by atoms with Crippen molar-refractivity contribution in [2.24, 2.45) is 0 Å². The summed E-state index contributed by atoms with van der Waals surface area (Å²) in [6.45, 7) is 3.58. The lowest BCUT2D eigenvalue weighted by molar-refractivity contribution is 0.416. The molecule has 0 aliphatic carbocycles. The lowest BCUT2D eigenvalue weighted by atomic mass is 10.0. The first-order valence-corrected chi connectivity index (χ1v) is 6.70. The lowest BCUT2D eigenvalue weighted by Gasteiger charge is -2.05. The smallest absolute Gasteiger partial charge is 0.342 e. The Kier molecular flexibility index (Phi) is 4.77. The van der Waals surface area contributed by atoms with Gasteiger partial charge in [0.1, 0.15) is 11.5 Å². The van der Waals surface area contributed by atoms with Gasteiger partial charge in [-0.3, -0.25) is 0 Å². The second-order valence-electron chi connectivity index (χ2n) is 4.70. The van der Waals surface area contributed by atoms with Gasteiger partial charge in [0.25, 0.3) is 0 Å². The first-order valence-electron chi connectivity index (χ1n) is 6.70. The van der Waals surface area contributed by atoms with Crippen molar-refractivity contribution >= 4 is 0 Å². The van der Waals surface area contributed by atoms with Gasteiger partial charge in [0.2, 0.25) is 0 Å². The number of hydrogen-bond acceptors (Lipinski definition) is 3. The third-order valence-corrected chi connectivity index (χ3v) is 3.16. The average molecular weight is 270 g/mol. The van der Waals surface area contributed by atoms with Crippen LogP contribution in [-0.2, 0) is 19.3 Å². The molecule has 1 aromatic heterocycles. The highest BCUT2D eigenvalue weighted by Crippen LogP contribution is 2.18. The van der Waals surface area contributed by atoms with Crippen molar-refractivity contribution in [3.05, 3.63) is 76.4 Å². The summed E-state index contributed by atoms with van der Waals surface area (Å²) >= 11 is 0. The number of benzene rings is 1. The van der Waals surface area contributed by atoms with Crippen molar-refractivity contribution in [2.75, 3.05) is 0 Å². The second kappa shape index (κ2) is 6.75. The Balaban J connectivity index is 2.03. The van der Waals surface area contributed by atoms with Crippen LogP contribution in [0.1, 0.15) is 23.3 Å². The van der Waals surface area contributed by atoms with Crippen LogP contribution < -0.4 is 5.63 Å². The Hall–Kier alpha value is -2.29. The van der Waals surface area contributed by atoms with Crippen LogP contribution in [0.25, 0.3) is 0 Å². The van der Waals surface area contributed by atoms with Gasteiger partial charge in [0.15, 0.2) is 0 Å². The average Bonchev–Trinajstić information content (AvgIpc) is 2.43. The van der Waals surface area contributed by atoms with Gasteiger partial charge < -0.3 is 9.52 Å². The van der Waals surface area contributed by atoms with Crippen molar-refractivity contribution in [3.8, 4) is 5.75 Å². The lowest BCUT2D eigenvalue weighted by Crippen LogP contribution is -2.09. The van der Waals surface area contributed by atoms with Gasteiger partial charge in [-0.15, -0.1) is 6.58 Å². The van der Waals surface area contributed by atoms with Gasteiger partial charge in [-0.05, 0) is 24.8 Å². The second-order valence-corrected chi connectivity index (χ2v) is 4.70. The summed E-state index contributed by atoms with van der Waals surface area (Å²) in [7, 11) is 0. The van der Waals surface area contributed by atoms with Crippen LogP contribution in [0.4, 0.5) is 0 Å². The molecule has 3 heteroatoms. The third-order valence-electron chi connectivity index (χ3n) is 3.16. The highest BCUT2D eigenvalue weighted by molar-refractivity contribution is 5.30. The third kappa shape index (κ3) is 3.60. The molecule has 0 unspecified atom stereocenters. The zero-order chi connectivity index (χ0) is 14.4. The molecule has 1 aromatic carbocycles. The van der Waals surface area contributed by atoms with Crippen molar-refractivity contribution in [1.29, 1.82) is 0 Å². The molecule has 0 saturated carbocycles. The minimum absolute atomic E-state index is 0.0196. The Morgan fingerprint density at radius 2 is 1.95 bits per heavy atom. The molecule has 0 radical (unpaired) electrons. The van der Waals surface area contributed by atoms with Crippen molar-refractivity contribution in [1.82, 2.24) is 0 Å². The molecule has 0 aliphatic rings. The van der Waals surface area contributed by atoms with E-state index in [9.17, 15) is 9.90 Å². The molecule has 20 heavy (non-hydrogen) atoms. The van der Waals surface area contributed by atoms with E-state index in [0.29, 0.717) is 24.2 Å². The molecule has 0 fully saturated rings. The summed E-state index contributed by atoms with van der Waals surface area (Å²) in [6, 6.07) is 11.6. The Morgan fingerprint density at radius 3 is 2.60 bits per heavy atom. The van der Waals surface area contributed by atoms with Gasteiger partial charge >= 0.3 is 5.63 Å². The molecule has 0 amide bonds. The van der Waals surface area contributed by atoms with Crippen LogP contribution in [0.15, 0.2) is 58.3 Å². The highest BCUT2D eigenvalue weighted by atomic mass is 16.4. The van der Waals surface area contributed by atoms with E-state index in [2.05, 4.69) is 18.7 Å². The zero-order valence-electron chi connectivity index (χ0n) is 11.3. The molecule has 2 rings (SSSR count). The fraction of sp³-hybridized carbons (Fsp3) is 0.235. The molecule has 0 spiro atoms. The Morgan fingerprint density at radius 1 is 1.20 bits per heavy atom. The highest BCUT2D eigenvalue weighted by Gasteiger charge is 2.10. The van der Waals surface area contributed by atoms with Crippen LogP contribution in [0.3, 0.4) is 0 Å². The molecular weight excluding hydrogens is 252 g/mol. The number of aromatic hydroxyl groups is 1. The molecule has 1 heterocycles. The van der Waals surface area contributed by atoms with Crippen LogP contribution in [0, 0.1) is 0 Å². The molecule has 104 valence electrons. The van der Waals surface area contributed by atoms with Gasteiger partial charge in [-0.2, -0.15) is 0 Å². The molecular formula is C17H18O3. The molecule has 0 aliphatic heterocycles. The van der Waals surface area contributed by atoms with Crippen LogP contribution in [0.2, 0.25) is 0 Å². The van der Waals surface area contributed by atoms with E-state index in [1.54, 1.807) is 6.08 Å². The maximum atomic E-state index is 11.8. The number of allylic oxidation sites excluding steroid dienone is 1. The minimum Gasteiger partial charge on any atom is -0.507 e. The van der Waals surface area contributed by atoms with E-state index in [0.717, 1.165) is 12.8 Å². The number of hydrogen-bond donors (Lipinski definition) is 1. The molecule has 0 bridgehead atoms. The van der Waals surface area contributed by atoms with Crippen molar-refractivity contribution < 1.29 is 9.52 Å². The van der Waals surface area contributed by atoms with Crippen LogP contribution >= 0.6 is 0 Å². The quantitative estimate of drug-likeness (QED) is 0.820. The van der Waals surface area contributed by atoms with E-state index in [1.165, 1.54) is 11.6 Å². The summed E-state index contributed by atoms with van der Waals surface area (Å²) in [6.07, 6.45) is 4.24. The zero-order valence-corrected chi connectivity index (χ0v) is 11.3. The van der Waals surface area contributed by atoms with Gasteiger partial charge in [0, 0.05) is 12.5 Å². The van der Waals surface area contributed by atoms with E-state index >= 15 is 0 Å². The first-order chi connectivity index (χ1) is 9.70. The van der Waals surface area contributed by atoms with Crippen LogP contribution in [0.5, 0.6) is 5.75 Å². The summed E-state index contributed by atoms with van der Waals surface area (Å²) in [5, 5.41) is 9.90. The summed E-state index contributed by atoms with van der Waals surface area (Å²) in [5.74, 6) is 0.459. The van der Waals surface area contributed by atoms with Gasteiger partial charge in [-0.25, -0.2) is 4.79 Å². The predicted octanol–water partition coefficient (Wildman–Crippen LogP) is 3.25. The number of rotatable bonds is 6. The fourth-order valence-corrected chi connectivity index (χ4v) is 2.14. The van der Waals surface area contributed by atoms with E-state index < -0.39 is 5.63 Å². The molecule has 3 nitrogen and oxygen atoms in total. The Labute approximate surface area is 118 Å². The monoisotopic (exact) mass is 270 g/mol. The Bertz CT molecular complexity index is 626. The summed E-state index contributed by atoms with van der Waals surface area (Å²) in [5.41, 5.74) is 1.13. The maximum Gasteiger partial charge on any atom is 0.342 e. The largest absolute Gasteiger partial charge is 0.507 e. The molecule has 1 N–H and O–H groups in total. The number of aryl methyl sites for hydroxylation is 1. The normalized spacial score (nSPS) is 10.4. The molecule has 0 saturated heterocycles. The van der Waals surface area contributed by atoms with Gasteiger partial charge in [-0.1, -0.05) is 36.4 Å². The summed E-state index contributed by atoms with van der Waals surface area (Å²) in [4.78, 5) is 11.8. The van der Waals surface area contributed by atoms with Gasteiger partial charge in [0.05, 0.1) is 5.56 Å². The molecule has 2 aromatic rings. The summed E-state index contributed by atoms with van der Waals surface area (Å²) < 4.78 is 5.15. The SMILES string of the molecule is C=CCc1cc(O)c(CCCc2ccccc2)c(=O)o1. The molecule has 0 atom stereocenters. The first kappa shape index (κ1) is 14.1.